The molecular weight excluding hydrogens is 386 g/mol. The molecule has 1 saturated heterocycles. The van der Waals surface area contributed by atoms with Gasteiger partial charge in [0, 0.05) is 18.5 Å². The van der Waals surface area contributed by atoms with Gasteiger partial charge in [0.1, 0.15) is 5.69 Å². The molecule has 30 heavy (non-hydrogen) atoms. The molecule has 8 nitrogen and oxygen atoms in total. The van der Waals surface area contributed by atoms with Crippen LogP contribution in [0.25, 0.3) is 22.4 Å². The summed E-state index contributed by atoms with van der Waals surface area (Å²) in [5, 5.41) is 0.622. The number of fused-ring (bicyclic) bond motifs is 1. The van der Waals surface area contributed by atoms with Gasteiger partial charge in [0.05, 0.1) is 23.3 Å². The number of para-hydroxylation sites is 1. The van der Waals surface area contributed by atoms with E-state index in [2.05, 4.69) is 4.98 Å². The van der Waals surface area contributed by atoms with Crippen LogP contribution in [0, 0.1) is 5.92 Å². The Labute approximate surface area is 172 Å². The van der Waals surface area contributed by atoms with Crippen LogP contribution in [0.1, 0.15) is 23.2 Å². The van der Waals surface area contributed by atoms with Gasteiger partial charge in [-0.15, -0.1) is 0 Å². The Bertz CT molecular complexity index is 1090. The molecule has 0 saturated carbocycles. The standard InChI is InChI=1S/C22H21N3O5/c23-21(27)14-5-3-9-25(12-14)20(26)13-30-22(28)16-11-18(19-8-4-10-29-19)24-17-7-2-1-6-15(16)17/h1-2,4,6-8,10-11,14H,3,5,9,12-13H2,(H2,23,27)/t14-/m1/s1. The number of hydrogen-bond donors (Lipinski definition) is 1. The van der Waals surface area contributed by atoms with Crippen molar-refractivity contribution >= 4 is 28.7 Å². The molecule has 4 rings (SSSR count). The van der Waals surface area contributed by atoms with Gasteiger partial charge in [0.2, 0.25) is 5.91 Å². The molecule has 0 bridgehead atoms. The average Bonchev–Trinajstić information content (AvgIpc) is 3.31. The lowest BCUT2D eigenvalue weighted by molar-refractivity contribution is -0.137. The summed E-state index contributed by atoms with van der Waals surface area (Å²) in [4.78, 5) is 42.8. The van der Waals surface area contributed by atoms with Gasteiger partial charge in [-0.3, -0.25) is 9.59 Å². The van der Waals surface area contributed by atoms with Gasteiger partial charge >= 0.3 is 5.97 Å². The molecule has 3 heterocycles. The van der Waals surface area contributed by atoms with Crippen molar-refractivity contribution in [1.82, 2.24) is 9.88 Å². The van der Waals surface area contributed by atoms with E-state index in [-0.39, 0.29) is 18.4 Å². The number of carbonyl (C=O) groups excluding carboxylic acids is 3. The third-order valence-corrected chi connectivity index (χ3v) is 5.21. The Hall–Kier alpha value is -3.68. The number of piperidine rings is 1. The SMILES string of the molecule is NC(=O)[C@@H]1CCCN(C(=O)COC(=O)c2cc(-c3ccco3)nc3ccccc23)C1. The zero-order chi connectivity index (χ0) is 21.1. The second-order valence-electron chi connectivity index (χ2n) is 7.21. The zero-order valence-electron chi connectivity index (χ0n) is 16.2. The second kappa shape index (κ2) is 8.36. The number of benzene rings is 1. The number of furan rings is 1. The van der Waals surface area contributed by atoms with E-state index in [0.717, 1.165) is 0 Å². The normalized spacial score (nSPS) is 16.4. The van der Waals surface area contributed by atoms with Crippen molar-refractivity contribution in [2.75, 3.05) is 19.7 Å². The van der Waals surface area contributed by atoms with Crippen LogP contribution in [-0.2, 0) is 14.3 Å². The van der Waals surface area contributed by atoms with Gasteiger partial charge in [0.15, 0.2) is 12.4 Å². The van der Waals surface area contributed by atoms with Crippen molar-refractivity contribution in [2.24, 2.45) is 11.7 Å². The summed E-state index contributed by atoms with van der Waals surface area (Å²) in [6, 6.07) is 12.3. The zero-order valence-corrected chi connectivity index (χ0v) is 16.2. The third kappa shape index (κ3) is 4.03. The topological polar surface area (TPSA) is 116 Å². The van der Waals surface area contributed by atoms with E-state index >= 15 is 0 Å². The van der Waals surface area contributed by atoms with Crippen LogP contribution in [0.4, 0.5) is 0 Å². The van der Waals surface area contributed by atoms with Gasteiger partial charge in [-0.2, -0.15) is 0 Å². The summed E-state index contributed by atoms with van der Waals surface area (Å²) in [6.45, 7) is 0.366. The van der Waals surface area contributed by atoms with Crippen LogP contribution in [0.5, 0.6) is 0 Å². The van der Waals surface area contributed by atoms with E-state index in [9.17, 15) is 14.4 Å². The Kier molecular flexibility index (Phi) is 5.47. The highest BCUT2D eigenvalue weighted by atomic mass is 16.5. The first kappa shape index (κ1) is 19.6. The van der Waals surface area contributed by atoms with E-state index in [1.165, 1.54) is 11.2 Å². The van der Waals surface area contributed by atoms with Crippen molar-refractivity contribution in [3.05, 3.63) is 54.3 Å². The number of nitrogens with two attached hydrogens (primary N) is 1. The van der Waals surface area contributed by atoms with Crippen LogP contribution in [0.2, 0.25) is 0 Å². The van der Waals surface area contributed by atoms with Crippen molar-refractivity contribution in [1.29, 1.82) is 0 Å². The maximum absolute atomic E-state index is 12.8. The summed E-state index contributed by atoms with van der Waals surface area (Å²) in [5.74, 6) is -1.23. The summed E-state index contributed by atoms with van der Waals surface area (Å²) in [5.41, 5.74) is 6.77. The smallest absolute Gasteiger partial charge is 0.339 e. The van der Waals surface area contributed by atoms with Crippen molar-refractivity contribution in [3.8, 4) is 11.5 Å². The van der Waals surface area contributed by atoms with Crippen LogP contribution < -0.4 is 5.73 Å². The fraction of sp³-hybridized carbons (Fsp3) is 0.273. The molecule has 154 valence electrons. The number of aromatic nitrogens is 1. The number of amides is 2. The number of ether oxygens (including phenoxy) is 1. The van der Waals surface area contributed by atoms with Gasteiger partial charge in [0.25, 0.3) is 5.91 Å². The van der Waals surface area contributed by atoms with Crippen molar-refractivity contribution in [2.45, 2.75) is 12.8 Å². The molecule has 1 aliphatic rings. The Morgan fingerprint density at radius 2 is 2.03 bits per heavy atom. The van der Waals surface area contributed by atoms with E-state index in [1.54, 1.807) is 36.4 Å². The first-order valence-corrected chi connectivity index (χ1v) is 9.71. The number of primary amides is 1. The van der Waals surface area contributed by atoms with Gasteiger partial charge in [-0.05, 0) is 37.1 Å². The van der Waals surface area contributed by atoms with E-state index in [4.69, 9.17) is 14.9 Å². The average molecular weight is 407 g/mol. The van der Waals surface area contributed by atoms with E-state index < -0.39 is 18.5 Å². The van der Waals surface area contributed by atoms with Crippen LogP contribution in [0.15, 0.2) is 53.1 Å². The lowest BCUT2D eigenvalue weighted by atomic mass is 9.97. The molecule has 0 spiro atoms. The van der Waals surface area contributed by atoms with Gasteiger partial charge in [-0.1, -0.05) is 18.2 Å². The van der Waals surface area contributed by atoms with Crippen molar-refractivity contribution < 1.29 is 23.5 Å². The molecule has 0 unspecified atom stereocenters. The highest BCUT2D eigenvalue weighted by Gasteiger charge is 2.27. The molecule has 0 radical (unpaired) electrons. The molecule has 1 atom stereocenters. The molecule has 2 N–H and O–H groups in total. The summed E-state index contributed by atoms with van der Waals surface area (Å²) in [7, 11) is 0. The quantitative estimate of drug-likeness (QED) is 0.649. The molecule has 8 heteroatoms. The van der Waals surface area contributed by atoms with Crippen LogP contribution in [-0.4, -0.2) is 47.4 Å². The molecule has 0 aliphatic carbocycles. The molecule has 2 amide bonds. The number of hydrogen-bond acceptors (Lipinski definition) is 6. The second-order valence-corrected chi connectivity index (χ2v) is 7.21. The monoisotopic (exact) mass is 407 g/mol. The minimum atomic E-state index is -0.627. The molecule has 3 aromatic rings. The molecular formula is C22H21N3O5. The lowest BCUT2D eigenvalue weighted by Crippen LogP contribution is -2.45. The fourth-order valence-electron chi connectivity index (χ4n) is 3.63. The summed E-state index contributed by atoms with van der Waals surface area (Å²) < 4.78 is 10.7. The number of likely N-dealkylation sites (tertiary alicyclic amines) is 1. The van der Waals surface area contributed by atoms with Crippen LogP contribution in [0.3, 0.4) is 0 Å². The largest absolute Gasteiger partial charge is 0.463 e. The molecule has 2 aromatic heterocycles. The fourth-order valence-corrected chi connectivity index (χ4v) is 3.63. The molecule has 1 aliphatic heterocycles. The number of carbonyl (C=O) groups is 3. The summed E-state index contributed by atoms with van der Waals surface area (Å²) >= 11 is 0. The summed E-state index contributed by atoms with van der Waals surface area (Å²) in [6.07, 6.45) is 2.88. The predicted octanol–water partition coefficient (Wildman–Crippen LogP) is 2.38. The number of pyridine rings is 1. The minimum Gasteiger partial charge on any atom is -0.463 e. The number of rotatable bonds is 5. The Morgan fingerprint density at radius 3 is 2.80 bits per heavy atom. The highest BCUT2D eigenvalue weighted by molar-refractivity contribution is 6.05. The lowest BCUT2D eigenvalue weighted by Gasteiger charge is -2.31. The number of esters is 1. The van der Waals surface area contributed by atoms with E-state index in [0.29, 0.717) is 47.3 Å². The first-order valence-electron chi connectivity index (χ1n) is 9.71. The Morgan fingerprint density at radius 1 is 1.20 bits per heavy atom. The van der Waals surface area contributed by atoms with Gasteiger partial charge in [-0.25, -0.2) is 9.78 Å². The predicted molar refractivity (Wildman–Crippen MR) is 108 cm³/mol. The third-order valence-electron chi connectivity index (χ3n) is 5.21. The number of nitrogens with zero attached hydrogens (tertiary/aromatic N) is 2. The van der Waals surface area contributed by atoms with Crippen molar-refractivity contribution in [3.63, 3.8) is 0 Å². The minimum absolute atomic E-state index is 0.256. The molecule has 1 fully saturated rings. The van der Waals surface area contributed by atoms with E-state index in [1.807, 2.05) is 6.07 Å². The maximum atomic E-state index is 12.8. The maximum Gasteiger partial charge on any atom is 0.339 e. The van der Waals surface area contributed by atoms with Gasteiger partial charge < -0.3 is 19.8 Å². The Balaban J connectivity index is 1.52. The van der Waals surface area contributed by atoms with Crippen LogP contribution >= 0.6 is 0 Å². The molecule has 1 aromatic carbocycles. The highest BCUT2D eigenvalue weighted by Crippen LogP contribution is 2.26. The first-order chi connectivity index (χ1) is 14.5.